The molecule has 3 rings (SSSR count). The molecule has 0 radical (unpaired) electrons. The Labute approximate surface area is 179 Å². The van der Waals surface area contributed by atoms with Crippen LogP contribution in [0.5, 0.6) is 0 Å². The second-order valence-corrected chi connectivity index (χ2v) is 9.64. The normalized spacial score (nSPS) is 14.9. The van der Waals surface area contributed by atoms with Gasteiger partial charge in [-0.3, -0.25) is 9.69 Å². The molecule has 1 N–H and O–H groups in total. The van der Waals surface area contributed by atoms with Crippen LogP contribution in [0.15, 0.2) is 48.5 Å². The Morgan fingerprint density at radius 3 is 2.07 bits per heavy atom. The Balaban J connectivity index is 1.58. The lowest BCUT2D eigenvalue weighted by atomic mass is 10.1. The molecule has 2 aromatic carbocycles. The summed E-state index contributed by atoms with van der Waals surface area (Å²) in [5.74, 6) is -0.233. The van der Waals surface area contributed by atoms with Gasteiger partial charge in [0.15, 0.2) is 0 Å². The van der Waals surface area contributed by atoms with Gasteiger partial charge in [0.05, 0.1) is 5.75 Å². The molecule has 1 saturated heterocycles. The Morgan fingerprint density at radius 2 is 1.50 bits per heavy atom. The zero-order valence-corrected chi connectivity index (χ0v) is 18.6. The number of hydrogen-bond donors (Lipinski definition) is 1. The molecule has 2 aromatic rings. The Hall–Kier alpha value is -2.22. The van der Waals surface area contributed by atoms with Gasteiger partial charge in [-0.05, 0) is 61.3 Å². The van der Waals surface area contributed by atoms with Crippen molar-refractivity contribution < 1.29 is 13.2 Å². The molecule has 0 spiro atoms. The van der Waals surface area contributed by atoms with Gasteiger partial charge in [0.1, 0.15) is 0 Å². The van der Waals surface area contributed by atoms with Gasteiger partial charge in [0, 0.05) is 30.9 Å². The number of nitrogens with one attached hydrogen (secondary N) is 1. The van der Waals surface area contributed by atoms with Crippen molar-refractivity contribution in [3.8, 4) is 0 Å². The fourth-order valence-corrected chi connectivity index (χ4v) is 5.23. The van der Waals surface area contributed by atoms with Crippen molar-refractivity contribution >= 4 is 21.6 Å². The second-order valence-electron chi connectivity index (χ2n) is 7.67. The lowest BCUT2D eigenvalue weighted by Gasteiger charge is -2.18. The Kier molecular flexibility index (Phi) is 7.64. The average molecular weight is 430 g/mol. The third-order valence-electron chi connectivity index (χ3n) is 5.54. The van der Waals surface area contributed by atoms with Gasteiger partial charge in [-0.25, -0.2) is 12.7 Å². The van der Waals surface area contributed by atoms with E-state index in [2.05, 4.69) is 24.1 Å². The SMILES string of the molecule is CCN(CC)Cc1ccc(NC(=O)c2ccc(CS(=O)(=O)N3CCCC3)cc2)cc1. The van der Waals surface area contributed by atoms with Crippen molar-refractivity contribution in [2.24, 2.45) is 0 Å². The fraction of sp³-hybridized carbons (Fsp3) is 0.435. The highest BCUT2D eigenvalue weighted by Crippen LogP contribution is 2.18. The minimum Gasteiger partial charge on any atom is -0.322 e. The van der Waals surface area contributed by atoms with E-state index in [4.69, 9.17) is 0 Å². The van der Waals surface area contributed by atoms with Crippen LogP contribution in [0.1, 0.15) is 48.2 Å². The molecule has 0 unspecified atom stereocenters. The van der Waals surface area contributed by atoms with E-state index in [1.807, 2.05) is 24.3 Å². The third-order valence-corrected chi connectivity index (χ3v) is 7.39. The van der Waals surface area contributed by atoms with Crippen molar-refractivity contribution in [1.29, 1.82) is 0 Å². The van der Waals surface area contributed by atoms with Gasteiger partial charge >= 0.3 is 0 Å². The van der Waals surface area contributed by atoms with Crippen LogP contribution in [0.3, 0.4) is 0 Å². The van der Waals surface area contributed by atoms with Crippen LogP contribution in [-0.2, 0) is 22.3 Å². The van der Waals surface area contributed by atoms with Gasteiger partial charge in [0.25, 0.3) is 5.91 Å². The van der Waals surface area contributed by atoms with E-state index in [1.165, 1.54) is 5.56 Å². The van der Waals surface area contributed by atoms with E-state index in [0.717, 1.165) is 38.2 Å². The van der Waals surface area contributed by atoms with Gasteiger partial charge < -0.3 is 5.32 Å². The van der Waals surface area contributed by atoms with Crippen LogP contribution >= 0.6 is 0 Å². The van der Waals surface area contributed by atoms with Crippen molar-refractivity contribution in [3.05, 3.63) is 65.2 Å². The molecule has 0 aliphatic carbocycles. The number of carbonyl (C=O) groups excluding carboxylic acids is 1. The first-order chi connectivity index (χ1) is 14.4. The first-order valence-corrected chi connectivity index (χ1v) is 12.2. The second kappa shape index (κ2) is 10.2. The van der Waals surface area contributed by atoms with E-state index in [-0.39, 0.29) is 11.7 Å². The molecule has 6 nitrogen and oxygen atoms in total. The van der Waals surface area contributed by atoms with Crippen molar-refractivity contribution in [3.63, 3.8) is 0 Å². The molecule has 1 aliphatic heterocycles. The summed E-state index contributed by atoms with van der Waals surface area (Å²) in [7, 11) is -3.28. The first kappa shape index (κ1) is 22.5. The van der Waals surface area contributed by atoms with E-state index < -0.39 is 10.0 Å². The maximum absolute atomic E-state index is 12.5. The largest absolute Gasteiger partial charge is 0.322 e. The smallest absolute Gasteiger partial charge is 0.255 e. The predicted octanol–water partition coefficient (Wildman–Crippen LogP) is 3.71. The molecule has 1 amide bonds. The maximum atomic E-state index is 12.5. The molecule has 1 heterocycles. The minimum atomic E-state index is -3.28. The summed E-state index contributed by atoms with van der Waals surface area (Å²) in [6, 6.07) is 14.7. The summed E-state index contributed by atoms with van der Waals surface area (Å²) in [6.07, 6.45) is 1.85. The number of anilines is 1. The van der Waals surface area contributed by atoms with Crippen LogP contribution in [0.4, 0.5) is 5.69 Å². The summed E-state index contributed by atoms with van der Waals surface area (Å²) in [5, 5.41) is 2.90. The quantitative estimate of drug-likeness (QED) is 0.660. The molecule has 1 fully saturated rings. The van der Waals surface area contributed by atoms with E-state index >= 15 is 0 Å². The average Bonchev–Trinajstić information content (AvgIpc) is 3.29. The number of nitrogens with zero attached hydrogens (tertiary/aromatic N) is 2. The maximum Gasteiger partial charge on any atom is 0.255 e. The van der Waals surface area contributed by atoms with Gasteiger partial charge in [-0.15, -0.1) is 0 Å². The number of hydrogen-bond acceptors (Lipinski definition) is 4. The number of rotatable bonds is 9. The van der Waals surface area contributed by atoms with Crippen LogP contribution in [0.25, 0.3) is 0 Å². The molecule has 0 atom stereocenters. The molecule has 7 heteroatoms. The zero-order valence-electron chi connectivity index (χ0n) is 17.8. The molecular formula is C23H31N3O3S. The molecule has 1 aliphatic rings. The van der Waals surface area contributed by atoms with Crippen molar-refractivity contribution in [1.82, 2.24) is 9.21 Å². The molecule has 162 valence electrons. The minimum absolute atomic E-state index is 0.0249. The monoisotopic (exact) mass is 429 g/mol. The third kappa shape index (κ3) is 5.90. The van der Waals surface area contributed by atoms with Gasteiger partial charge in [0.2, 0.25) is 10.0 Å². The summed E-state index contributed by atoms with van der Waals surface area (Å²) in [6.45, 7) is 8.40. The Bertz CT molecular complexity index is 931. The lowest BCUT2D eigenvalue weighted by Crippen LogP contribution is -2.29. The summed E-state index contributed by atoms with van der Waals surface area (Å²) >= 11 is 0. The van der Waals surface area contributed by atoms with Gasteiger partial charge in [-0.1, -0.05) is 38.1 Å². The van der Waals surface area contributed by atoms with Gasteiger partial charge in [-0.2, -0.15) is 0 Å². The summed E-state index contributed by atoms with van der Waals surface area (Å²) < 4.78 is 26.4. The number of amides is 1. The topological polar surface area (TPSA) is 69.7 Å². The molecule has 0 saturated carbocycles. The summed E-state index contributed by atoms with van der Waals surface area (Å²) in [5.41, 5.74) is 3.15. The van der Waals surface area contributed by atoms with Crippen molar-refractivity contribution in [2.75, 3.05) is 31.5 Å². The first-order valence-electron chi connectivity index (χ1n) is 10.6. The standard InChI is InChI=1S/C23H31N3O3S/c1-3-25(4-2)17-19-9-13-22(14-10-19)24-23(27)21-11-7-20(8-12-21)18-30(28,29)26-15-5-6-16-26/h7-14H,3-6,15-18H2,1-2H3,(H,24,27). The molecule has 30 heavy (non-hydrogen) atoms. The zero-order chi connectivity index (χ0) is 21.6. The van der Waals surface area contributed by atoms with Crippen LogP contribution in [0.2, 0.25) is 0 Å². The summed E-state index contributed by atoms with van der Waals surface area (Å²) in [4.78, 5) is 14.9. The fourth-order valence-electron chi connectivity index (χ4n) is 3.62. The number of carbonyl (C=O) groups is 1. The highest BCUT2D eigenvalue weighted by Gasteiger charge is 2.25. The number of sulfonamides is 1. The molecule has 0 bridgehead atoms. The highest BCUT2D eigenvalue weighted by molar-refractivity contribution is 7.88. The molecular weight excluding hydrogens is 398 g/mol. The molecule has 0 aromatic heterocycles. The highest BCUT2D eigenvalue weighted by atomic mass is 32.2. The van der Waals surface area contributed by atoms with Crippen LogP contribution in [0, 0.1) is 0 Å². The lowest BCUT2D eigenvalue weighted by molar-refractivity contribution is 0.102. The predicted molar refractivity (Wildman–Crippen MR) is 121 cm³/mol. The van der Waals surface area contributed by atoms with Crippen molar-refractivity contribution in [2.45, 2.75) is 39.0 Å². The van der Waals surface area contributed by atoms with E-state index in [1.54, 1.807) is 28.6 Å². The van der Waals surface area contributed by atoms with Crippen LogP contribution < -0.4 is 5.32 Å². The number of benzene rings is 2. The van der Waals surface area contributed by atoms with E-state index in [9.17, 15) is 13.2 Å². The van der Waals surface area contributed by atoms with E-state index in [0.29, 0.717) is 24.2 Å². The van der Waals surface area contributed by atoms with Crippen LogP contribution in [-0.4, -0.2) is 49.7 Å². The Morgan fingerprint density at radius 1 is 0.933 bits per heavy atom.